The highest BCUT2D eigenvalue weighted by molar-refractivity contribution is 6.34. The largest absolute Gasteiger partial charge is 0.471 e. The molecule has 2 amide bonds. The van der Waals surface area contributed by atoms with Crippen LogP contribution in [0.15, 0.2) is 42.5 Å². The summed E-state index contributed by atoms with van der Waals surface area (Å²) in [6.45, 7) is 1.04. The molecule has 27 heavy (non-hydrogen) atoms. The van der Waals surface area contributed by atoms with E-state index in [4.69, 9.17) is 11.6 Å². The first kappa shape index (κ1) is 20.7. The van der Waals surface area contributed by atoms with Crippen molar-refractivity contribution in [3.05, 3.63) is 64.4 Å². The lowest BCUT2D eigenvalue weighted by Gasteiger charge is -2.22. The Morgan fingerprint density at radius 3 is 2.44 bits per heavy atom. The minimum absolute atomic E-state index is 0.0471. The van der Waals surface area contributed by atoms with E-state index in [1.165, 1.54) is 37.3 Å². The number of nitrogens with one attached hydrogen (secondary N) is 1. The SMILES string of the molecule is CCN(Cc1cccc(NC(=O)c2ccc(F)cc2Cl)c1)C(=O)C(F)(F)F. The van der Waals surface area contributed by atoms with Crippen LogP contribution in [0.2, 0.25) is 5.02 Å². The number of halogens is 5. The normalized spacial score (nSPS) is 11.2. The van der Waals surface area contributed by atoms with Crippen molar-refractivity contribution < 1.29 is 27.2 Å². The number of anilines is 1. The minimum atomic E-state index is -4.96. The van der Waals surface area contributed by atoms with Crippen LogP contribution < -0.4 is 5.32 Å². The number of amides is 2. The van der Waals surface area contributed by atoms with Crippen molar-refractivity contribution in [3.8, 4) is 0 Å². The zero-order valence-electron chi connectivity index (χ0n) is 14.1. The van der Waals surface area contributed by atoms with Gasteiger partial charge in [-0.25, -0.2) is 4.39 Å². The molecule has 2 rings (SSSR count). The Bertz CT molecular complexity index is 855. The molecule has 4 nitrogen and oxygen atoms in total. The zero-order chi connectivity index (χ0) is 20.2. The van der Waals surface area contributed by atoms with Crippen molar-refractivity contribution in [1.82, 2.24) is 4.90 Å². The van der Waals surface area contributed by atoms with E-state index in [9.17, 15) is 27.2 Å². The highest BCUT2D eigenvalue weighted by Gasteiger charge is 2.41. The number of hydrogen-bond acceptors (Lipinski definition) is 2. The zero-order valence-corrected chi connectivity index (χ0v) is 14.9. The van der Waals surface area contributed by atoms with E-state index in [2.05, 4.69) is 5.32 Å². The van der Waals surface area contributed by atoms with Crippen molar-refractivity contribution in [2.24, 2.45) is 0 Å². The van der Waals surface area contributed by atoms with Gasteiger partial charge in [0.15, 0.2) is 0 Å². The van der Waals surface area contributed by atoms with Crippen LogP contribution in [0.1, 0.15) is 22.8 Å². The fourth-order valence-electron chi connectivity index (χ4n) is 2.35. The van der Waals surface area contributed by atoms with Crippen molar-refractivity contribution in [1.29, 1.82) is 0 Å². The quantitative estimate of drug-likeness (QED) is 0.740. The Hall–Kier alpha value is -2.61. The topological polar surface area (TPSA) is 49.4 Å². The first-order valence-electron chi connectivity index (χ1n) is 7.83. The van der Waals surface area contributed by atoms with Gasteiger partial charge in [-0.1, -0.05) is 23.7 Å². The molecule has 0 fully saturated rings. The number of carbonyl (C=O) groups is 2. The fourth-order valence-corrected chi connectivity index (χ4v) is 2.60. The maximum atomic E-state index is 13.1. The van der Waals surface area contributed by atoms with Gasteiger partial charge in [0.2, 0.25) is 0 Å². The average Bonchev–Trinajstić information content (AvgIpc) is 2.58. The van der Waals surface area contributed by atoms with Crippen molar-refractivity contribution >= 4 is 29.1 Å². The van der Waals surface area contributed by atoms with Crippen LogP contribution in [0, 0.1) is 5.82 Å². The molecule has 0 spiro atoms. The molecule has 0 aliphatic heterocycles. The molecule has 0 saturated carbocycles. The molecule has 0 bridgehead atoms. The number of rotatable bonds is 5. The number of nitrogens with zero attached hydrogens (tertiary/aromatic N) is 1. The van der Waals surface area contributed by atoms with E-state index in [-0.39, 0.29) is 23.7 Å². The number of benzene rings is 2. The van der Waals surface area contributed by atoms with Gasteiger partial charge in [-0.05, 0) is 42.8 Å². The van der Waals surface area contributed by atoms with Gasteiger partial charge in [0.1, 0.15) is 5.82 Å². The first-order valence-corrected chi connectivity index (χ1v) is 8.21. The lowest BCUT2D eigenvalue weighted by atomic mass is 10.1. The van der Waals surface area contributed by atoms with Crippen LogP contribution >= 0.6 is 11.6 Å². The average molecular weight is 403 g/mol. The Labute approximate surface area is 157 Å². The summed E-state index contributed by atoms with van der Waals surface area (Å²) in [5.74, 6) is -3.12. The molecular weight excluding hydrogens is 388 g/mol. The molecule has 2 aromatic rings. The lowest BCUT2D eigenvalue weighted by molar-refractivity contribution is -0.185. The third kappa shape index (κ3) is 5.43. The van der Waals surface area contributed by atoms with Gasteiger partial charge in [0, 0.05) is 18.8 Å². The van der Waals surface area contributed by atoms with Crippen molar-refractivity contribution in [3.63, 3.8) is 0 Å². The standard InChI is InChI=1S/C18H15ClF4N2O2/c1-2-25(17(27)18(21,22)23)10-11-4-3-5-13(8-11)24-16(26)14-7-6-12(20)9-15(14)19/h3-9H,2,10H2,1H3,(H,24,26). The Morgan fingerprint density at radius 2 is 1.85 bits per heavy atom. The predicted molar refractivity (Wildman–Crippen MR) is 93.0 cm³/mol. The second-order valence-corrected chi connectivity index (χ2v) is 6.00. The summed E-state index contributed by atoms with van der Waals surface area (Å²) in [6, 6.07) is 9.34. The van der Waals surface area contributed by atoms with Crippen LogP contribution in [0.4, 0.5) is 23.2 Å². The Kier molecular flexibility index (Phi) is 6.43. The summed E-state index contributed by atoms with van der Waals surface area (Å²) in [5.41, 5.74) is 0.747. The van der Waals surface area contributed by atoms with Gasteiger partial charge < -0.3 is 10.2 Å². The van der Waals surface area contributed by atoms with Crippen LogP contribution in [-0.2, 0) is 11.3 Å². The molecule has 2 aromatic carbocycles. The molecule has 0 saturated heterocycles. The maximum absolute atomic E-state index is 13.1. The number of carbonyl (C=O) groups excluding carboxylic acids is 2. The van der Waals surface area contributed by atoms with Gasteiger partial charge >= 0.3 is 12.1 Å². The van der Waals surface area contributed by atoms with Gasteiger partial charge in [0.25, 0.3) is 5.91 Å². The summed E-state index contributed by atoms with van der Waals surface area (Å²) in [7, 11) is 0. The van der Waals surface area contributed by atoms with E-state index in [0.29, 0.717) is 16.2 Å². The predicted octanol–water partition coefficient (Wildman–Crippen LogP) is 4.64. The molecule has 0 heterocycles. The second kappa shape index (κ2) is 8.39. The highest BCUT2D eigenvalue weighted by Crippen LogP contribution is 2.22. The van der Waals surface area contributed by atoms with Crippen molar-refractivity contribution in [2.45, 2.75) is 19.6 Å². The fraction of sp³-hybridized carbons (Fsp3) is 0.222. The van der Waals surface area contributed by atoms with Gasteiger partial charge in [-0.15, -0.1) is 0 Å². The third-order valence-corrected chi connectivity index (χ3v) is 3.96. The smallest absolute Gasteiger partial charge is 0.331 e. The summed E-state index contributed by atoms with van der Waals surface area (Å²) in [6.07, 6.45) is -4.96. The lowest BCUT2D eigenvalue weighted by Crippen LogP contribution is -2.40. The highest BCUT2D eigenvalue weighted by atomic mass is 35.5. The molecule has 0 radical (unpaired) electrons. The second-order valence-electron chi connectivity index (χ2n) is 5.60. The van der Waals surface area contributed by atoms with Crippen LogP contribution in [-0.4, -0.2) is 29.4 Å². The Morgan fingerprint density at radius 1 is 1.15 bits per heavy atom. The molecule has 0 aliphatic carbocycles. The molecule has 0 aliphatic rings. The summed E-state index contributed by atoms with van der Waals surface area (Å²) in [5, 5.41) is 2.47. The van der Waals surface area contributed by atoms with Gasteiger partial charge in [-0.3, -0.25) is 9.59 Å². The number of alkyl halides is 3. The van der Waals surface area contributed by atoms with E-state index in [1.807, 2.05) is 0 Å². The monoisotopic (exact) mass is 402 g/mol. The van der Waals surface area contributed by atoms with E-state index >= 15 is 0 Å². The third-order valence-electron chi connectivity index (χ3n) is 3.65. The molecule has 9 heteroatoms. The van der Waals surface area contributed by atoms with Gasteiger partial charge in [0.05, 0.1) is 10.6 Å². The minimum Gasteiger partial charge on any atom is -0.331 e. The van der Waals surface area contributed by atoms with Crippen molar-refractivity contribution in [2.75, 3.05) is 11.9 Å². The van der Waals surface area contributed by atoms with E-state index < -0.39 is 23.8 Å². The molecular formula is C18H15ClF4N2O2. The summed E-state index contributed by atoms with van der Waals surface area (Å²) in [4.78, 5) is 24.3. The molecule has 0 aromatic heterocycles. The summed E-state index contributed by atoms with van der Waals surface area (Å²) < 4.78 is 50.9. The van der Waals surface area contributed by atoms with E-state index in [0.717, 1.165) is 12.1 Å². The van der Waals surface area contributed by atoms with Crippen LogP contribution in [0.3, 0.4) is 0 Å². The maximum Gasteiger partial charge on any atom is 0.471 e. The van der Waals surface area contributed by atoms with Gasteiger partial charge in [-0.2, -0.15) is 13.2 Å². The molecule has 144 valence electrons. The first-order chi connectivity index (χ1) is 12.6. The Balaban J connectivity index is 2.15. The summed E-state index contributed by atoms with van der Waals surface area (Å²) >= 11 is 5.84. The number of hydrogen-bond donors (Lipinski definition) is 1. The molecule has 1 N–H and O–H groups in total. The molecule has 0 atom stereocenters. The van der Waals surface area contributed by atoms with Crippen LogP contribution in [0.25, 0.3) is 0 Å². The van der Waals surface area contributed by atoms with E-state index in [1.54, 1.807) is 0 Å². The molecule has 0 unspecified atom stereocenters. The van der Waals surface area contributed by atoms with Crippen LogP contribution in [0.5, 0.6) is 0 Å².